The molecule has 3 aromatic rings. The molecule has 2 saturated carbocycles. The number of nitrogens with zero attached hydrogens (tertiary/aromatic N) is 1. The molecule has 0 spiro atoms. The smallest absolute Gasteiger partial charge is 0.338 e. The van der Waals surface area contributed by atoms with Gasteiger partial charge in [-0.3, -0.25) is 19.3 Å². The quantitative estimate of drug-likeness (QED) is 0.363. The maximum Gasteiger partial charge on any atom is 0.338 e. The molecule has 1 aliphatic heterocycles. The molecule has 1 heterocycles. The minimum absolute atomic E-state index is 0.146. The summed E-state index contributed by atoms with van der Waals surface area (Å²) in [6.45, 7) is -0.476. The fourth-order valence-corrected chi connectivity index (χ4v) is 6.69. The number of carbonyl (C=O) groups excluding carboxylic acids is 4. The minimum atomic E-state index is -0.684. The summed E-state index contributed by atoms with van der Waals surface area (Å²) in [6.07, 6.45) is 1.84. The summed E-state index contributed by atoms with van der Waals surface area (Å²) < 4.78 is 10.4. The van der Waals surface area contributed by atoms with Gasteiger partial charge in [0.2, 0.25) is 11.8 Å². The van der Waals surface area contributed by atoms with Crippen molar-refractivity contribution in [3.8, 4) is 5.75 Å². The number of esters is 1. The number of methoxy groups -OCH3 is 1. The van der Waals surface area contributed by atoms with Crippen LogP contribution in [0.4, 0.5) is 11.4 Å². The van der Waals surface area contributed by atoms with Crippen LogP contribution >= 0.6 is 0 Å². The molecule has 0 unspecified atom stereocenters. The first-order valence-corrected chi connectivity index (χ1v) is 13.1. The van der Waals surface area contributed by atoms with E-state index in [2.05, 4.69) is 17.4 Å². The highest BCUT2D eigenvalue weighted by Crippen LogP contribution is 2.61. The van der Waals surface area contributed by atoms with Crippen molar-refractivity contribution in [1.82, 2.24) is 0 Å². The first kappa shape index (κ1) is 24.9. The molecule has 0 radical (unpaired) electrons. The fourth-order valence-electron chi connectivity index (χ4n) is 6.69. The van der Waals surface area contributed by atoms with Crippen LogP contribution in [-0.2, 0) is 19.1 Å². The normalized spacial score (nSPS) is 24.9. The van der Waals surface area contributed by atoms with Crippen LogP contribution in [0.25, 0.3) is 0 Å². The van der Waals surface area contributed by atoms with Gasteiger partial charge in [-0.2, -0.15) is 0 Å². The molecule has 2 aliphatic carbocycles. The number of amides is 3. The molecule has 1 N–H and O–H groups in total. The Morgan fingerprint density at radius 3 is 2.31 bits per heavy atom. The van der Waals surface area contributed by atoms with E-state index in [1.165, 1.54) is 29.7 Å². The van der Waals surface area contributed by atoms with Gasteiger partial charge in [-0.25, -0.2) is 4.79 Å². The van der Waals surface area contributed by atoms with Gasteiger partial charge in [-0.05, 0) is 72.6 Å². The molecule has 5 atom stereocenters. The van der Waals surface area contributed by atoms with Crippen molar-refractivity contribution in [3.05, 3.63) is 90.0 Å². The second-order valence-electron chi connectivity index (χ2n) is 10.3. The highest BCUT2D eigenvalue weighted by atomic mass is 16.5. The molecule has 3 aliphatic rings. The van der Waals surface area contributed by atoms with E-state index in [9.17, 15) is 19.2 Å². The van der Waals surface area contributed by atoms with Crippen LogP contribution in [0.1, 0.15) is 34.7 Å². The second kappa shape index (κ2) is 10.0. The number of anilines is 2. The number of fused-ring (bicyclic) bond motifs is 5. The van der Waals surface area contributed by atoms with E-state index in [0.717, 1.165) is 12.8 Å². The molecule has 1 saturated heterocycles. The van der Waals surface area contributed by atoms with Crippen molar-refractivity contribution in [3.63, 3.8) is 0 Å². The Hall–Kier alpha value is -4.46. The highest BCUT2D eigenvalue weighted by Gasteiger charge is 2.64. The van der Waals surface area contributed by atoms with Gasteiger partial charge in [-0.15, -0.1) is 0 Å². The first-order chi connectivity index (χ1) is 19.0. The largest absolute Gasteiger partial charge is 0.495 e. The van der Waals surface area contributed by atoms with Crippen molar-refractivity contribution in [2.45, 2.75) is 18.8 Å². The van der Waals surface area contributed by atoms with Crippen molar-refractivity contribution in [2.24, 2.45) is 23.7 Å². The summed E-state index contributed by atoms with van der Waals surface area (Å²) in [6, 6.07) is 23.3. The van der Waals surface area contributed by atoms with Crippen molar-refractivity contribution < 1.29 is 28.7 Å². The van der Waals surface area contributed by atoms with E-state index < -0.39 is 18.5 Å². The molecule has 198 valence electrons. The second-order valence-corrected chi connectivity index (χ2v) is 10.3. The van der Waals surface area contributed by atoms with E-state index in [1.54, 1.807) is 36.4 Å². The van der Waals surface area contributed by atoms with Gasteiger partial charge in [0.15, 0.2) is 6.61 Å². The number of rotatable bonds is 7. The van der Waals surface area contributed by atoms with Crippen LogP contribution < -0.4 is 15.0 Å². The van der Waals surface area contributed by atoms with Gasteiger partial charge >= 0.3 is 5.97 Å². The van der Waals surface area contributed by atoms with E-state index in [4.69, 9.17) is 9.47 Å². The third-order valence-corrected chi connectivity index (χ3v) is 8.32. The third-order valence-electron chi connectivity index (χ3n) is 8.32. The number of carbonyl (C=O) groups is 4. The molecular formula is C31H28N2O6. The van der Waals surface area contributed by atoms with E-state index in [-0.39, 0.29) is 41.0 Å². The highest BCUT2D eigenvalue weighted by molar-refractivity contribution is 6.22. The molecular weight excluding hydrogens is 496 g/mol. The summed E-state index contributed by atoms with van der Waals surface area (Å²) in [5, 5.41) is 2.65. The predicted molar refractivity (Wildman–Crippen MR) is 143 cm³/mol. The first-order valence-electron chi connectivity index (χ1n) is 13.1. The Balaban J connectivity index is 1.10. The van der Waals surface area contributed by atoms with Crippen LogP contribution in [-0.4, -0.2) is 37.4 Å². The van der Waals surface area contributed by atoms with Crippen molar-refractivity contribution >= 4 is 35.1 Å². The molecule has 39 heavy (non-hydrogen) atoms. The SMILES string of the molecule is COc1ccccc1NC(=O)COC(=O)c1ccc(N2C(=O)[C@@H]3[C@@H]4C[C@@H]([C@H]3C2=O)[C@H](c2ccccc2)C4)cc1. The van der Waals surface area contributed by atoms with Gasteiger partial charge in [0.05, 0.1) is 35.9 Å². The Labute approximate surface area is 225 Å². The van der Waals surface area contributed by atoms with Crippen molar-refractivity contribution in [2.75, 3.05) is 23.9 Å². The molecule has 8 heteroatoms. The number of imide groups is 1. The third kappa shape index (κ3) is 4.35. The maximum absolute atomic E-state index is 13.5. The maximum atomic E-state index is 13.5. The van der Waals surface area contributed by atoms with Crippen LogP contribution in [0, 0.1) is 23.7 Å². The lowest BCUT2D eigenvalue weighted by atomic mass is 9.73. The standard InChI is InChI=1S/C31H28N2O6/c1-38-25-10-6-5-9-24(25)32-26(34)17-39-31(37)19-11-13-21(14-12-19)33-29(35)27-20-15-22(18-7-3-2-4-8-18)23(16-20)28(27)30(33)36/h2-14,20,22-23,27-28H,15-17H2,1H3,(H,32,34)/t20-,22-,23+,27+,28+/m0/s1. The fraction of sp³-hybridized carbons (Fsp3) is 0.290. The molecule has 8 nitrogen and oxygen atoms in total. The van der Waals surface area contributed by atoms with Gasteiger partial charge < -0.3 is 14.8 Å². The van der Waals surface area contributed by atoms with Crippen LogP contribution in [0.3, 0.4) is 0 Å². The Bertz CT molecular complexity index is 1440. The van der Waals surface area contributed by atoms with E-state index >= 15 is 0 Å². The summed E-state index contributed by atoms with van der Waals surface area (Å²) in [5.74, 6) is -0.888. The molecule has 2 bridgehead atoms. The zero-order valence-corrected chi connectivity index (χ0v) is 21.4. The summed E-state index contributed by atoms with van der Waals surface area (Å²) >= 11 is 0. The van der Waals surface area contributed by atoms with Crippen molar-refractivity contribution in [1.29, 1.82) is 0 Å². The Morgan fingerprint density at radius 1 is 0.872 bits per heavy atom. The van der Waals surface area contributed by atoms with Gasteiger partial charge in [0, 0.05) is 0 Å². The van der Waals surface area contributed by atoms with Gasteiger partial charge in [0.25, 0.3) is 5.91 Å². The zero-order chi connectivity index (χ0) is 27.1. The van der Waals surface area contributed by atoms with Crippen LogP contribution in [0.15, 0.2) is 78.9 Å². The number of ether oxygens (including phenoxy) is 2. The predicted octanol–water partition coefficient (Wildman–Crippen LogP) is 4.42. The topological polar surface area (TPSA) is 102 Å². The summed E-state index contributed by atoms with van der Waals surface area (Å²) in [7, 11) is 1.50. The number of nitrogens with one attached hydrogen (secondary N) is 1. The van der Waals surface area contributed by atoms with Crippen LogP contribution in [0.5, 0.6) is 5.75 Å². The molecule has 3 fully saturated rings. The summed E-state index contributed by atoms with van der Waals surface area (Å²) in [4.78, 5) is 53.0. The minimum Gasteiger partial charge on any atom is -0.495 e. The lowest BCUT2D eigenvalue weighted by Gasteiger charge is -2.28. The molecule has 3 aromatic carbocycles. The Kier molecular flexibility index (Phi) is 6.38. The van der Waals surface area contributed by atoms with E-state index in [1.807, 2.05) is 18.2 Å². The average molecular weight is 525 g/mol. The molecule has 6 rings (SSSR count). The number of hydrogen-bond donors (Lipinski definition) is 1. The van der Waals surface area contributed by atoms with Gasteiger partial charge in [-0.1, -0.05) is 42.5 Å². The van der Waals surface area contributed by atoms with Crippen LogP contribution in [0.2, 0.25) is 0 Å². The zero-order valence-electron chi connectivity index (χ0n) is 21.4. The lowest BCUT2D eigenvalue weighted by Crippen LogP contribution is -2.33. The number of benzene rings is 3. The molecule has 0 aromatic heterocycles. The van der Waals surface area contributed by atoms with E-state index in [0.29, 0.717) is 23.0 Å². The monoisotopic (exact) mass is 524 g/mol. The number of para-hydroxylation sites is 2. The number of hydrogen-bond acceptors (Lipinski definition) is 6. The summed E-state index contributed by atoms with van der Waals surface area (Å²) in [5.41, 5.74) is 2.37. The molecule has 3 amide bonds. The Morgan fingerprint density at radius 2 is 1.56 bits per heavy atom. The average Bonchev–Trinajstić information content (AvgIpc) is 3.64. The van der Waals surface area contributed by atoms with Gasteiger partial charge in [0.1, 0.15) is 5.75 Å². The lowest BCUT2D eigenvalue weighted by molar-refractivity contribution is -0.123.